The number of nitrogens with one attached hydrogen (secondary N) is 1. The molecule has 0 saturated carbocycles. The average molecular weight is 465 g/mol. The lowest BCUT2D eigenvalue weighted by Gasteiger charge is -2.43. The lowest BCUT2D eigenvalue weighted by Crippen LogP contribution is -2.57. The number of amides is 3. The third-order valence-electron chi connectivity index (χ3n) is 6.56. The first-order valence-corrected chi connectivity index (χ1v) is 11.7. The second kappa shape index (κ2) is 9.75. The van der Waals surface area contributed by atoms with E-state index in [-0.39, 0.29) is 30.3 Å². The van der Waals surface area contributed by atoms with Crippen molar-refractivity contribution in [2.45, 2.75) is 38.3 Å². The van der Waals surface area contributed by atoms with Crippen LogP contribution in [0, 0.1) is 0 Å². The van der Waals surface area contributed by atoms with E-state index in [1.807, 2.05) is 44.2 Å². The molecular weight excluding hydrogens is 432 g/mol. The second-order valence-electron chi connectivity index (χ2n) is 9.19. The summed E-state index contributed by atoms with van der Waals surface area (Å²) in [6, 6.07) is 16.9. The Morgan fingerprint density at radius 3 is 2.41 bits per heavy atom. The highest BCUT2D eigenvalue weighted by Gasteiger charge is 2.54. The Morgan fingerprint density at radius 2 is 1.76 bits per heavy atom. The number of benzene rings is 2. The van der Waals surface area contributed by atoms with Crippen molar-refractivity contribution in [3.63, 3.8) is 0 Å². The van der Waals surface area contributed by atoms with E-state index in [1.54, 1.807) is 41.2 Å². The van der Waals surface area contributed by atoms with E-state index >= 15 is 0 Å². The molecule has 0 bridgehead atoms. The molecule has 8 heteroatoms. The zero-order valence-corrected chi connectivity index (χ0v) is 20.0. The van der Waals surface area contributed by atoms with Crippen molar-refractivity contribution in [2.75, 3.05) is 38.3 Å². The summed E-state index contributed by atoms with van der Waals surface area (Å²) < 4.78 is 5.25. The van der Waals surface area contributed by atoms with E-state index in [9.17, 15) is 14.4 Å². The van der Waals surface area contributed by atoms with Crippen LogP contribution in [0.4, 0.5) is 5.69 Å². The van der Waals surface area contributed by atoms with Crippen molar-refractivity contribution in [2.24, 2.45) is 0 Å². The van der Waals surface area contributed by atoms with Gasteiger partial charge in [-0.15, -0.1) is 0 Å². The standard InChI is InChI=1S/C26H32N4O4/c1-19(2)27-23(31)17-29-18-30(21-9-5-4-6-10-21)26(25(29)33)12-14-28(15-13-26)24(32)20-8-7-11-22(16-20)34-3/h4-11,16,19H,12-15,17-18H2,1-3H3,(H,27,31). The average Bonchev–Trinajstić information content (AvgIpc) is 3.10. The molecule has 2 aromatic carbocycles. The monoisotopic (exact) mass is 464 g/mol. The summed E-state index contributed by atoms with van der Waals surface area (Å²) in [6.07, 6.45) is 0.997. The van der Waals surface area contributed by atoms with Gasteiger partial charge >= 0.3 is 0 Å². The number of ether oxygens (including phenoxy) is 1. The zero-order valence-electron chi connectivity index (χ0n) is 20.0. The number of likely N-dealkylation sites (tertiary alicyclic amines) is 1. The van der Waals surface area contributed by atoms with Crippen LogP contribution in [-0.2, 0) is 9.59 Å². The van der Waals surface area contributed by atoms with Gasteiger partial charge in [-0.3, -0.25) is 14.4 Å². The summed E-state index contributed by atoms with van der Waals surface area (Å²) in [6.45, 7) is 5.08. The second-order valence-corrected chi connectivity index (χ2v) is 9.19. The maximum atomic E-state index is 13.7. The quantitative estimate of drug-likeness (QED) is 0.710. The Kier molecular flexibility index (Phi) is 6.77. The molecule has 2 saturated heterocycles. The van der Waals surface area contributed by atoms with Crippen LogP contribution in [0.3, 0.4) is 0 Å². The van der Waals surface area contributed by atoms with E-state index in [1.165, 1.54) is 0 Å². The number of carbonyl (C=O) groups is 3. The summed E-state index contributed by atoms with van der Waals surface area (Å²) in [5, 5.41) is 2.87. The molecule has 8 nitrogen and oxygen atoms in total. The summed E-state index contributed by atoms with van der Waals surface area (Å²) in [5.41, 5.74) is 0.736. The lowest BCUT2D eigenvalue weighted by atomic mass is 9.85. The number of methoxy groups -OCH3 is 1. The predicted octanol–water partition coefficient (Wildman–Crippen LogP) is 2.50. The van der Waals surface area contributed by atoms with Gasteiger partial charge in [0.1, 0.15) is 17.8 Å². The number of hydrogen-bond donors (Lipinski definition) is 1. The molecule has 1 N–H and O–H groups in total. The van der Waals surface area contributed by atoms with Gasteiger partial charge in [0.2, 0.25) is 5.91 Å². The molecule has 3 amide bonds. The predicted molar refractivity (Wildman–Crippen MR) is 130 cm³/mol. The molecule has 2 heterocycles. The molecule has 180 valence electrons. The number of piperidine rings is 1. The van der Waals surface area contributed by atoms with E-state index in [2.05, 4.69) is 10.2 Å². The highest BCUT2D eigenvalue weighted by molar-refractivity contribution is 5.98. The van der Waals surface area contributed by atoms with Crippen molar-refractivity contribution >= 4 is 23.4 Å². The molecule has 34 heavy (non-hydrogen) atoms. The SMILES string of the molecule is COc1cccc(C(=O)N2CCC3(CC2)C(=O)N(CC(=O)NC(C)C)CN3c2ccccc2)c1. The van der Waals surface area contributed by atoms with E-state index in [0.717, 1.165) is 5.69 Å². The molecule has 2 aliphatic rings. The zero-order chi connectivity index (χ0) is 24.3. The van der Waals surface area contributed by atoms with Crippen LogP contribution in [0.2, 0.25) is 0 Å². The van der Waals surface area contributed by atoms with Gasteiger partial charge in [-0.05, 0) is 57.0 Å². The van der Waals surface area contributed by atoms with Crippen LogP contribution < -0.4 is 15.0 Å². The van der Waals surface area contributed by atoms with Crippen LogP contribution in [0.5, 0.6) is 5.75 Å². The van der Waals surface area contributed by atoms with Crippen molar-refractivity contribution in [1.29, 1.82) is 0 Å². The van der Waals surface area contributed by atoms with Gasteiger partial charge in [-0.2, -0.15) is 0 Å². The number of carbonyl (C=O) groups excluding carboxylic acids is 3. The molecule has 2 fully saturated rings. The first kappa shape index (κ1) is 23.6. The highest BCUT2D eigenvalue weighted by atomic mass is 16.5. The Balaban J connectivity index is 1.54. The molecular formula is C26H32N4O4. The number of para-hydroxylation sites is 1. The van der Waals surface area contributed by atoms with Gasteiger partial charge in [-0.25, -0.2) is 0 Å². The normalized spacial score (nSPS) is 17.4. The van der Waals surface area contributed by atoms with Crippen molar-refractivity contribution < 1.29 is 19.1 Å². The molecule has 0 aromatic heterocycles. The van der Waals surface area contributed by atoms with E-state index in [0.29, 0.717) is 43.9 Å². The van der Waals surface area contributed by atoms with Gasteiger partial charge in [0.25, 0.3) is 11.8 Å². The molecule has 0 unspecified atom stereocenters. The van der Waals surface area contributed by atoms with Gasteiger partial charge in [0.05, 0.1) is 13.8 Å². The Hall–Kier alpha value is -3.55. The fourth-order valence-corrected chi connectivity index (χ4v) is 4.88. The van der Waals surface area contributed by atoms with Crippen LogP contribution in [-0.4, -0.2) is 72.5 Å². The minimum absolute atomic E-state index is 0.00949. The fraction of sp³-hybridized carbons (Fsp3) is 0.423. The van der Waals surface area contributed by atoms with Crippen molar-refractivity contribution in [1.82, 2.24) is 15.1 Å². The molecule has 2 aromatic rings. The van der Waals surface area contributed by atoms with Crippen molar-refractivity contribution in [3.8, 4) is 5.75 Å². The first-order valence-electron chi connectivity index (χ1n) is 11.7. The van der Waals surface area contributed by atoms with Gasteiger partial charge in [0, 0.05) is 30.4 Å². The van der Waals surface area contributed by atoms with Crippen molar-refractivity contribution in [3.05, 3.63) is 60.2 Å². The number of nitrogens with zero attached hydrogens (tertiary/aromatic N) is 3. The molecule has 1 spiro atoms. The minimum atomic E-state index is -0.773. The maximum absolute atomic E-state index is 13.7. The summed E-state index contributed by atoms with van der Waals surface area (Å²) >= 11 is 0. The fourth-order valence-electron chi connectivity index (χ4n) is 4.88. The number of rotatable bonds is 6. The summed E-state index contributed by atoms with van der Waals surface area (Å²) in [7, 11) is 1.57. The smallest absolute Gasteiger partial charge is 0.253 e. The summed E-state index contributed by atoms with van der Waals surface area (Å²) in [5.74, 6) is 0.345. The molecule has 4 rings (SSSR count). The largest absolute Gasteiger partial charge is 0.497 e. The molecule has 0 aliphatic carbocycles. The molecule has 0 atom stereocenters. The van der Waals surface area contributed by atoms with E-state index < -0.39 is 5.54 Å². The highest BCUT2D eigenvalue weighted by Crippen LogP contribution is 2.39. The van der Waals surface area contributed by atoms with Crippen LogP contribution in [0.25, 0.3) is 0 Å². The van der Waals surface area contributed by atoms with Crippen LogP contribution in [0.15, 0.2) is 54.6 Å². The third kappa shape index (κ3) is 4.58. The third-order valence-corrected chi connectivity index (χ3v) is 6.56. The van der Waals surface area contributed by atoms with E-state index in [4.69, 9.17) is 4.74 Å². The maximum Gasteiger partial charge on any atom is 0.253 e. The lowest BCUT2D eigenvalue weighted by molar-refractivity contribution is -0.137. The van der Waals surface area contributed by atoms with Gasteiger partial charge in [0.15, 0.2) is 0 Å². The van der Waals surface area contributed by atoms with Crippen LogP contribution >= 0.6 is 0 Å². The number of hydrogen-bond acceptors (Lipinski definition) is 5. The minimum Gasteiger partial charge on any atom is -0.497 e. The Morgan fingerprint density at radius 1 is 1.06 bits per heavy atom. The van der Waals surface area contributed by atoms with Gasteiger partial charge in [-0.1, -0.05) is 24.3 Å². The Labute approximate surface area is 200 Å². The van der Waals surface area contributed by atoms with Crippen LogP contribution in [0.1, 0.15) is 37.0 Å². The summed E-state index contributed by atoms with van der Waals surface area (Å²) in [4.78, 5) is 44.8. The topological polar surface area (TPSA) is 82.2 Å². The molecule has 0 radical (unpaired) electrons. The first-order chi connectivity index (χ1) is 16.3. The van der Waals surface area contributed by atoms with Gasteiger partial charge < -0.3 is 24.8 Å². The molecule has 2 aliphatic heterocycles. The number of anilines is 1. The Bertz CT molecular complexity index is 1050.